The molecule has 0 saturated carbocycles. The maximum absolute atomic E-state index is 14.0. The Morgan fingerprint density at radius 2 is 2.10 bits per heavy atom. The third-order valence-electron chi connectivity index (χ3n) is 5.19. The van der Waals surface area contributed by atoms with Crippen molar-refractivity contribution in [1.29, 1.82) is 0 Å². The molecule has 30 heavy (non-hydrogen) atoms. The molecule has 160 valence electrons. The minimum atomic E-state index is -0.563. The molecule has 2 N–H and O–H groups in total. The van der Waals surface area contributed by atoms with Gasteiger partial charge in [-0.15, -0.1) is 24.0 Å². The predicted molar refractivity (Wildman–Crippen MR) is 126 cm³/mol. The van der Waals surface area contributed by atoms with E-state index in [1.54, 1.807) is 7.05 Å². The van der Waals surface area contributed by atoms with Crippen molar-refractivity contribution in [2.75, 3.05) is 25.0 Å². The molecular formula is C21H25F2IN6. The van der Waals surface area contributed by atoms with E-state index in [1.807, 2.05) is 36.2 Å². The van der Waals surface area contributed by atoms with E-state index in [2.05, 4.69) is 25.0 Å². The van der Waals surface area contributed by atoms with Gasteiger partial charge in [-0.1, -0.05) is 6.07 Å². The molecule has 1 unspecified atom stereocenters. The molecule has 3 aromatic rings. The van der Waals surface area contributed by atoms with E-state index in [4.69, 9.17) is 0 Å². The Bertz CT molecular complexity index is 1050. The summed E-state index contributed by atoms with van der Waals surface area (Å²) >= 11 is 0. The summed E-state index contributed by atoms with van der Waals surface area (Å²) in [6.45, 7) is 3.91. The molecule has 0 aliphatic carbocycles. The first kappa shape index (κ1) is 22.3. The van der Waals surface area contributed by atoms with Crippen LogP contribution in [0.5, 0.6) is 0 Å². The lowest BCUT2D eigenvalue weighted by Crippen LogP contribution is -2.44. The molecule has 0 amide bonds. The fourth-order valence-corrected chi connectivity index (χ4v) is 3.68. The van der Waals surface area contributed by atoms with Gasteiger partial charge in [-0.05, 0) is 37.6 Å². The number of aryl methyl sites for hydroxylation is 1. The van der Waals surface area contributed by atoms with Crippen LogP contribution in [0.3, 0.4) is 0 Å². The Kier molecular flexibility index (Phi) is 7.11. The van der Waals surface area contributed by atoms with Crippen LogP contribution in [0.2, 0.25) is 0 Å². The molecule has 1 atom stereocenters. The molecule has 2 aromatic heterocycles. The van der Waals surface area contributed by atoms with Gasteiger partial charge < -0.3 is 19.9 Å². The number of hydrogen-bond donors (Lipinski definition) is 2. The summed E-state index contributed by atoms with van der Waals surface area (Å²) in [7, 11) is 1.72. The normalized spacial score (nSPS) is 16.6. The van der Waals surface area contributed by atoms with Gasteiger partial charge in [0.1, 0.15) is 17.3 Å². The van der Waals surface area contributed by atoms with Gasteiger partial charge in [-0.3, -0.25) is 4.99 Å². The second-order valence-electron chi connectivity index (χ2n) is 7.23. The quantitative estimate of drug-likeness (QED) is 0.311. The minimum absolute atomic E-state index is 0. The van der Waals surface area contributed by atoms with E-state index in [0.29, 0.717) is 31.3 Å². The van der Waals surface area contributed by atoms with Crippen molar-refractivity contribution >= 4 is 41.3 Å². The summed E-state index contributed by atoms with van der Waals surface area (Å²) in [6.07, 6.45) is 2.85. The minimum Gasteiger partial charge on any atom is -0.367 e. The number of guanidine groups is 1. The first-order valence-electron chi connectivity index (χ1n) is 9.64. The van der Waals surface area contributed by atoms with Gasteiger partial charge in [-0.2, -0.15) is 0 Å². The molecule has 0 bridgehead atoms. The number of hydrogen-bond acceptors (Lipinski definition) is 3. The Hall–Kier alpha value is -2.43. The molecular weight excluding hydrogens is 501 g/mol. The zero-order valence-corrected chi connectivity index (χ0v) is 19.2. The molecule has 9 heteroatoms. The van der Waals surface area contributed by atoms with E-state index in [0.717, 1.165) is 29.5 Å². The fraction of sp³-hybridized carbons (Fsp3) is 0.333. The zero-order valence-electron chi connectivity index (χ0n) is 16.9. The van der Waals surface area contributed by atoms with Gasteiger partial charge in [-0.25, -0.2) is 13.8 Å². The largest absolute Gasteiger partial charge is 0.367 e. The number of benzene rings is 1. The highest BCUT2D eigenvalue weighted by Gasteiger charge is 2.25. The van der Waals surface area contributed by atoms with E-state index in [9.17, 15) is 8.78 Å². The number of fused-ring (bicyclic) bond motifs is 1. The fourth-order valence-electron chi connectivity index (χ4n) is 3.68. The van der Waals surface area contributed by atoms with Crippen LogP contribution in [0.15, 0.2) is 47.6 Å². The number of aromatic nitrogens is 2. The van der Waals surface area contributed by atoms with Crippen LogP contribution in [0.25, 0.3) is 5.65 Å². The third-order valence-corrected chi connectivity index (χ3v) is 5.19. The first-order valence-corrected chi connectivity index (χ1v) is 9.64. The van der Waals surface area contributed by atoms with Crippen molar-refractivity contribution in [2.24, 2.45) is 4.99 Å². The average molecular weight is 526 g/mol. The van der Waals surface area contributed by atoms with Crippen molar-refractivity contribution in [2.45, 2.75) is 25.9 Å². The van der Waals surface area contributed by atoms with Crippen molar-refractivity contribution < 1.29 is 8.78 Å². The molecule has 4 rings (SSSR count). The Balaban J connectivity index is 0.00000256. The van der Waals surface area contributed by atoms with Crippen molar-refractivity contribution in [3.63, 3.8) is 0 Å². The van der Waals surface area contributed by atoms with Gasteiger partial charge in [0.05, 0.1) is 17.9 Å². The van der Waals surface area contributed by atoms with Crippen LogP contribution in [0.1, 0.15) is 17.8 Å². The van der Waals surface area contributed by atoms with Crippen molar-refractivity contribution in [3.05, 3.63) is 65.6 Å². The van der Waals surface area contributed by atoms with E-state index in [-0.39, 0.29) is 30.0 Å². The number of nitrogens with zero attached hydrogens (tertiary/aromatic N) is 4. The molecule has 0 spiro atoms. The standard InChI is InChI=1S/C21H24F2N6.HI/c1-14-4-3-5-20-26-17(13-29(14)20)11-25-21(24-2)27-16-8-9-28(12-16)19-7-6-15(22)10-18(19)23;/h3-7,10,13,16H,8-9,11-12H2,1-2H3,(H2,24,25,27);1H. The molecule has 3 heterocycles. The predicted octanol–water partition coefficient (Wildman–Crippen LogP) is 3.48. The van der Waals surface area contributed by atoms with Gasteiger partial charge in [0, 0.05) is 44.1 Å². The van der Waals surface area contributed by atoms with Crippen LogP contribution in [-0.2, 0) is 6.54 Å². The maximum atomic E-state index is 14.0. The molecule has 1 aromatic carbocycles. The lowest BCUT2D eigenvalue weighted by atomic mass is 10.2. The van der Waals surface area contributed by atoms with Gasteiger partial charge in [0.2, 0.25) is 0 Å². The number of imidazole rings is 1. The topological polar surface area (TPSA) is 57.0 Å². The molecule has 1 saturated heterocycles. The summed E-state index contributed by atoms with van der Waals surface area (Å²) in [5, 5.41) is 6.67. The monoisotopic (exact) mass is 526 g/mol. The number of pyridine rings is 1. The average Bonchev–Trinajstić information content (AvgIpc) is 3.32. The number of nitrogens with one attached hydrogen (secondary N) is 2. The van der Waals surface area contributed by atoms with E-state index >= 15 is 0 Å². The summed E-state index contributed by atoms with van der Waals surface area (Å²) in [6, 6.07) is 9.84. The van der Waals surface area contributed by atoms with E-state index in [1.165, 1.54) is 12.1 Å². The van der Waals surface area contributed by atoms with E-state index < -0.39 is 11.6 Å². The Morgan fingerprint density at radius 3 is 2.83 bits per heavy atom. The highest BCUT2D eigenvalue weighted by atomic mass is 127. The number of halogens is 3. The summed E-state index contributed by atoms with van der Waals surface area (Å²) in [4.78, 5) is 10.8. The smallest absolute Gasteiger partial charge is 0.191 e. The second kappa shape index (κ2) is 9.59. The summed E-state index contributed by atoms with van der Waals surface area (Å²) < 4.78 is 29.2. The van der Waals surface area contributed by atoms with Crippen LogP contribution in [0.4, 0.5) is 14.5 Å². The van der Waals surface area contributed by atoms with Gasteiger partial charge >= 0.3 is 0 Å². The lowest BCUT2D eigenvalue weighted by Gasteiger charge is -2.20. The van der Waals surface area contributed by atoms with Crippen molar-refractivity contribution in [1.82, 2.24) is 20.0 Å². The molecule has 1 aliphatic heterocycles. The zero-order chi connectivity index (χ0) is 20.4. The summed E-state index contributed by atoms with van der Waals surface area (Å²) in [5.41, 5.74) is 3.39. The number of aliphatic imine (C=N–C) groups is 1. The molecule has 1 aliphatic rings. The summed E-state index contributed by atoms with van der Waals surface area (Å²) in [5.74, 6) is -0.424. The van der Waals surface area contributed by atoms with Gasteiger partial charge in [0.15, 0.2) is 5.96 Å². The second-order valence-corrected chi connectivity index (χ2v) is 7.23. The molecule has 6 nitrogen and oxygen atoms in total. The Morgan fingerprint density at radius 1 is 1.27 bits per heavy atom. The first-order chi connectivity index (χ1) is 14.0. The Labute approximate surface area is 191 Å². The van der Waals surface area contributed by atoms with Crippen LogP contribution in [0, 0.1) is 18.6 Å². The SMILES string of the molecule is CN=C(NCc1cn2c(C)cccc2n1)NC1CCN(c2ccc(F)cc2F)C1.I. The number of rotatable bonds is 4. The molecule has 0 radical (unpaired) electrons. The third kappa shape index (κ3) is 4.82. The van der Waals surface area contributed by atoms with Crippen LogP contribution in [-0.4, -0.2) is 41.5 Å². The maximum Gasteiger partial charge on any atom is 0.191 e. The van der Waals surface area contributed by atoms with Crippen LogP contribution < -0.4 is 15.5 Å². The highest BCUT2D eigenvalue weighted by molar-refractivity contribution is 14.0. The van der Waals surface area contributed by atoms with Crippen molar-refractivity contribution in [3.8, 4) is 0 Å². The van der Waals surface area contributed by atoms with Crippen LogP contribution >= 0.6 is 24.0 Å². The highest BCUT2D eigenvalue weighted by Crippen LogP contribution is 2.24. The lowest BCUT2D eigenvalue weighted by molar-refractivity contribution is 0.580. The van der Waals surface area contributed by atoms with Gasteiger partial charge in [0.25, 0.3) is 0 Å². The number of anilines is 1. The molecule has 1 fully saturated rings.